The third-order valence-electron chi connectivity index (χ3n) is 4.58. The second kappa shape index (κ2) is 8.93. The van der Waals surface area contributed by atoms with Gasteiger partial charge in [0.05, 0.1) is 12.6 Å². The Labute approximate surface area is 183 Å². The molecule has 0 atom stereocenters. The average Bonchev–Trinajstić information content (AvgIpc) is 3.21. The number of esters is 1. The molecule has 0 N–H and O–H groups in total. The van der Waals surface area contributed by atoms with Crippen LogP contribution in [0.15, 0.2) is 54.6 Å². The van der Waals surface area contributed by atoms with E-state index in [1.807, 2.05) is 48.5 Å². The number of tetrazole rings is 1. The summed E-state index contributed by atoms with van der Waals surface area (Å²) in [6.45, 7) is 1.64. The molecule has 0 radical (unpaired) electrons. The highest BCUT2D eigenvalue weighted by molar-refractivity contribution is 6.30. The first-order valence-electron chi connectivity index (χ1n) is 9.37. The number of carbonyl (C=O) groups excluding carboxylic acids is 1. The van der Waals surface area contributed by atoms with Crippen molar-refractivity contribution in [1.82, 2.24) is 25.2 Å². The minimum atomic E-state index is -0.592. The number of carbonyl (C=O) groups is 1. The summed E-state index contributed by atoms with van der Waals surface area (Å²) in [7, 11) is 1.59. The number of halogens is 1. The van der Waals surface area contributed by atoms with Gasteiger partial charge in [0.15, 0.2) is 11.5 Å². The molecule has 2 aromatic heterocycles. The maximum Gasteiger partial charge on any atom is 0.357 e. The van der Waals surface area contributed by atoms with Crippen LogP contribution in [0.2, 0.25) is 5.15 Å². The van der Waals surface area contributed by atoms with Gasteiger partial charge in [0.25, 0.3) is 0 Å². The van der Waals surface area contributed by atoms with Crippen molar-refractivity contribution < 1.29 is 14.3 Å². The molecule has 0 saturated carbocycles. The number of fused-ring (bicyclic) bond motifs is 1. The van der Waals surface area contributed by atoms with E-state index >= 15 is 0 Å². The second-order valence-electron chi connectivity index (χ2n) is 6.65. The fourth-order valence-electron chi connectivity index (χ4n) is 2.98. The van der Waals surface area contributed by atoms with E-state index in [1.165, 1.54) is 4.68 Å². The zero-order valence-corrected chi connectivity index (χ0v) is 17.6. The largest absolute Gasteiger partial charge is 0.497 e. The van der Waals surface area contributed by atoms with Crippen LogP contribution in [-0.4, -0.2) is 38.3 Å². The molecule has 31 heavy (non-hydrogen) atoms. The van der Waals surface area contributed by atoms with E-state index in [-0.39, 0.29) is 17.5 Å². The van der Waals surface area contributed by atoms with E-state index in [4.69, 9.17) is 21.1 Å². The lowest BCUT2D eigenvalue weighted by Crippen LogP contribution is -2.15. The molecule has 2 aromatic carbocycles. The van der Waals surface area contributed by atoms with E-state index in [1.54, 1.807) is 26.2 Å². The first kappa shape index (κ1) is 20.5. The van der Waals surface area contributed by atoms with Gasteiger partial charge in [0.1, 0.15) is 17.5 Å². The van der Waals surface area contributed by atoms with Crippen LogP contribution < -0.4 is 4.74 Å². The summed E-state index contributed by atoms with van der Waals surface area (Å²) in [4.78, 5) is 17.3. The van der Waals surface area contributed by atoms with E-state index < -0.39 is 5.97 Å². The zero-order chi connectivity index (χ0) is 21.8. The van der Waals surface area contributed by atoms with Crippen LogP contribution in [0.3, 0.4) is 0 Å². The Hall–Kier alpha value is -3.78. The Morgan fingerprint density at radius 1 is 1.16 bits per heavy atom. The highest BCUT2D eigenvalue weighted by Crippen LogP contribution is 2.25. The molecule has 0 saturated heterocycles. The molecule has 0 aliphatic carbocycles. The predicted octanol–water partition coefficient (Wildman–Crippen LogP) is 3.93. The monoisotopic (exact) mass is 435 g/mol. The lowest BCUT2D eigenvalue weighted by Gasteiger charge is -2.11. The van der Waals surface area contributed by atoms with Crippen LogP contribution in [0.25, 0.3) is 22.7 Å². The Morgan fingerprint density at radius 2 is 1.97 bits per heavy atom. The van der Waals surface area contributed by atoms with Crippen LogP contribution in [0, 0.1) is 6.92 Å². The van der Waals surface area contributed by atoms with E-state index in [9.17, 15) is 4.79 Å². The molecular formula is C22H18ClN5O3. The number of benzene rings is 2. The van der Waals surface area contributed by atoms with Crippen LogP contribution in [0.4, 0.5) is 0 Å². The van der Waals surface area contributed by atoms with Crippen molar-refractivity contribution in [2.75, 3.05) is 7.11 Å². The Kier molecular flexibility index (Phi) is 5.90. The van der Waals surface area contributed by atoms with Crippen molar-refractivity contribution >= 4 is 40.2 Å². The zero-order valence-electron chi connectivity index (χ0n) is 16.8. The lowest BCUT2D eigenvalue weighted by atomic mass is 10.1. The lowest BCUT2D eigenvalue weighted by molar-refractivity contribution is -0.138. The molecule has 0 aliphatic rings. The molecule has 4 aromatic rings. The van der Waals surface area contributed by atoms with Crippen molar-refractivity contribution in [3.8, 4) is 5.75 Å². The number of rotatable bonds is 6. The summed E-state index contributed by atoms with van der Waals surface area (Å²) < 4.78 is 12.1. The maximum atomic E-state index is 12.9. The third-order valence-corrected chi connectivity index (χ3v) is 4.90. The average molecular weight is 436 g/mol. The van der Waals surface area contributed by atoms with Gasteiger partial charge in [0.2, 0.25) is 0 Å². The maximum absolute atomic E-state index is 12.9. The van der Waals surface area contributed by atoms with E-state index in [0.717, 1.165) is 10.9 Å². The molecule has 0 aliphatic heterocycles. The Balaban J connectivity index is 1.60. The van der Waals surface area contributed by atoms with Gasteiger partial charge < -0.3 is 9.47 Å². The minimum absolute atomic E-state index is 0.0556. The van der Waals surface area contributed by atoms with Crippen molar-refractivity contribution in [3.63, 3.8) is 0 Å². The van der Waals surface area contributed by atoms with Crippen LogP contribution in [-0.2, 0) is 16.1 Å². The van der Waals surface area contributed by atoms with Gasteiger partial charge in [-0.25, -0.2) is 9.78 Å². The summed E-state index contributed by atoms with van der Waals surface area (Å²) >= 11 is 6.32. The fourth-order valence-corrected chi connectivity index (χ4v) is 3.18. The Morgan fingerprint density at radius 3 is 2.68 bits per heavy atom. The van der Waals surface area contributed by atoms with Gasteiger partial charge >= 0.3 is 5.97 Å². The summed E-state index contributed by atoms with van der Waals surface area (Å²) in [5.41, 5.74) is 2.26. The first-order valence-corrected chi connectivity index (χ1v) is 9.75. The molecule has 4 rings (SSSR count). The van der Waals surface area contributed by atoms with Crippen LogP contribution in [0.1, 0.15) is 17.0 Å². The van der Waals surface area contributed by atoms with E-state index in [0.29, 0.717) is 22.7 Å². The van der Waals surface area contributed by atoms with Gasteiger partial charge in [-0.05, 0) is 47.2 Å². The Bertz CT molecular complexity index is 1270. The second-order valence-corrected chi connectivity index (χ2v) is 7.01. The molecule has 0 unspecified atom stereocenters. The van der Waals surface area contributed by atoms with E-state index in [2.05, 4.69) is 20.5 Å². The van der Waals surface area contributed by atoms with Crippen molar-refractivity contribution in [1.29, 1.82) is 0 Å². The number of nitrogens with zero attached hydrogens (tertiary/aromatic N) is 5. The third kappa shape index (κ3) is 4.54. The number of hydrogen-bond donors (Lipinski definition) is 0. The number of ether oxygens (including phenoxy) is 2. The quantitative estimate of drug-likeness (QED) is 0.257. The molecule has 0 amide bonds. The fraction of sp³-hybridized carbons (Fsp3) is 0.136. The molecule has 0 fully saturated rings. The van der Waals surface area contributed by atoms with Crippen molar-refractivity contribution in [2.24, 2.45) is 0 Å². The molecule has 2 heterocycles. The number of aromatic nitrogens is 5. The number of pyridine rings is 1. The van der Waals surface area contributed by atoms with Crippen LogP contribution >= 0.6 is 11.6 Å². The van der Waals surface area contributed by atoms with Gasteiger partial charge in [-0.3, -0.25) is 0 Å². The van der Waals surface area contributed by atoms with Gasteiger partial charge in [-0.15, -0.1) is 5.10 Å². The predicted molar refractivity (Wildman–Crippen MR) is 116 cm³/mol. The summed E-state index contributed by atoms with van der Waals surface area (Å²) in [5, 5.41) is 12.5. The first-order chi connectivity index (χ1) is 15.0. The summed E-state index contributed by atoms with van der Waals surface area (Å²) in [6, 6.07) is 16.7. The smallest absolute Gasteiger partial charge is 0.357 e. The highest BCUT2D eigenvalue weighted by Gasteiger charge is 2.19. The molecular weight excluding hydrogens is 418 g/mol. The molecule has 9 heteroatoms. The molecule has 156 valence electrons. The number of aryl methyl sites for hydroxylation is 1. The molecule has 0 spiro atoms. The topological polar surface area (TPSA) is 92.0 Å². The highest BCUT2D eigenvalue weighted by atomic mass is 35.5. The van der Waals surface area contributed by atoms with Crippen LogP contribution in [0.5, 0.6) is 5.75 Å². The number of hydrogen-bond acceptors (Lipinski definition) is 7. The normalized spacial score (nSPS) is 11.5. The van der Waals surface area contributed by atoms with Gasteiger partial charge in [-0.2, -0.15) is 4.68 Å². The van der Waals surface area contributed by atoms with Crippen molar-refractivity contribution in [2.45, 2.75) is 13.5 Å². The number of methoxy groups -OCH3 is 1. The minimum Gasteiger partial charge on any atom is -0.497 e. The van der Waals surface area contributed by atoms with Crippen molar-refractivity contribution in [3.05, 3.63) is 76.7 Å². The van der Waals surface area contributed by atoms with Gasteiger partial charge in [-0.1, -0.05) is 41.9 Å². The SMILES string of the molecule is COc1ccc2cc(COC(=O)/C(=C/c3ccccc3)n3nnnc3C)c(Cl)nc2c1. The van der Waals surface area contributed by atoms with Gasteiger partial charge in [0, 0.05) is 17.0 Å². The standard InChI is InChI=1S/C22H18ClN5O3/c1-14-25-26-27-28(14)20(10-15-6-4-3-5-7-15)22(29)31-13-17-11-16-8-9-18(30-2)12-19(16)24-21(17)23/h3-12H,13H2,1-2H3/b20-10-. The summed E-state index contributed by atoms with van der Waals surface area (Å²) in [6.07, 6.45) is 1.66. The molecule has 8 nitrogen and oxygen atoms in total. The summed E-state index contributed by atoms with van der Waals surface area (Å²) in [5.74, 6) is 0.548. The molecule has 0 bridgehead atoms.